The molecule has 1 aromatic heterocycles. The molecule has 1 aliphatic heterocycles. The molecule has 1 fully saturated rings. The zero-order valence-corrected chi connectivity index (χ0v) is 16.2. The molecular formula is C20H25F2N5O. The van der Waals surface area contributed by atoms with E-state index in [0.29, 0.717) is 37.7 Å². The highest BCUT2D eigenvalue weighted by Gasteiger charge is 2.25. The first-order chi connectivity index (χ1) is 13.3. The number of rotatable bonds is 7. The number of hydrogen-bond donors (Lipinski definition) is 1. The Bertz CT molecular complexity index is 773. The van der Waals surface area contributed by atoms with Crippen LogP contribution < -0.4 is 5.32 Å². The van der Waals surface area contributed by atoms with Gasteiger partial charge < -0.3 is 15.1 Å². The van der Waals surface area contributed by atoms with E-state index < -0.39 is 5.92 Å². The van der Waals surface area contributed by atoms with Crippen LogP contribution in [0, 0.1) is 0 Å². The molecule has 1 amide bonds. The first-order valence-electron chi connectivity index (χ1n) is 8.85. The highest BCUT2D eigenvalue weighted by Crippen LogP contribution is 2.27. The number of piperazine rings is 1. The number of nitrogens with one attached hydrogen (secondary N) is 1. The van der Waals surface area contributed by atoms with Crippen LogP contribution in [0.3, 0.4) is 0 Å². The number of anilines is 1. The summed E-state index contributed by atoms with van der Waals surface area (Å²) in [6.45, 7) is 10.8. The highest BCUT2D eigenvalue weighted by atomic mass is 19.3. The molecule has 0 aromatic carbocycles. The number of alkyl halides is 2. The summed E-state index contributed by atoms with van der Waals surface area (Å²) in [4.78, 5) is 23.6. The maximum atomic E-state index is 13.3. The van der Waals surface area contributed by atoms with E-state index in [1.807, 2.05) is 6.08 Å². The minimum absolute atomic E-state index is 0.0886. The van der Waals surface area contributed by atoms with Gasteiger partial charge in [0.2, 0.25) is 5.91 Å². The highest BCUT2D eigenvalue weighted by molar-refractivity contribution is 5.87. The molecule has 0 radical (unpaired) electrons. The number of aromatic nitrogens is 1. The van der Waals surface area contributed by atoms with Crippen molar-refractivity contribution in [2.75, 3.05) is 38.5 Å². The number of nitrogens with zero attached hydrogens (tertiary/aromatic N) is 4. The van der Waals surface area contributed by atoms with E-state index in [4.69, 9.17) is 0 Å². The molecule has 8 heteroatoms. The van der Waals surface area contributed by atoms with Crippen LogP contribution in [0.4, 0.5) is 14.6 Å². The number of carbonyl (C=O) groups excluding carboxylic acids is 1. The zero-order chi connectivity index (χ0) is 20.7. The summed E-state index contributed by atoms with van der Waals surface area (Å²) >= 11 is 0. The summed E-state index contributed by atoms with van der Waals surface area (Å²) in [5.41, 5.74) is 1.20. The fourth-order valence-corrected chi connectivity index (χ4v) is 2.78. The molecule has 0 spiro atoms. The summed E-state index contributed by atoms with van der Waals surface area (Å²) in [5.74, 6) is -2.61. The Labute approximate surface area is 164 Å². The lowest BCUT2D eigenvalue weighted by Gasteiger charge is -2.37. The first-order valence-corrected chi connectivity index (χ1v) is 8.85. The topological polar surface area (TPSA) is 60.8 Å². The van der Waals surface area contributed by atoms with Gasteiger partial charge in [-0.05, 0) is 24.3 Å². The second-order valence-electron chi connectivity index (χ2n) is 6.40. The minimum atomic E-state index is -2.94. The SMILES string of the molecule is C=CC(=O)N1CCN(/C(=C/C=N\C)C(=C)Nc2ccc(C(C)(F)F)cn2)CC1. The van der Waals surface area contributed by atoms with Crippen LogP contribution in [0.1, 0.15) is 12.5 Å². The second kappa shape index (κ2) is 9.25. The van der Waals surface area contributed by atoms with Gasteiger partial charge in [0.15, 0.2) is 0 Å². The van der Waals surface area contributed by atoms with Crippen LogP contribution in [0.5, 0.6) is 0 Å². The lowest BCUT2D eigenvalue weighted by Crippen LogP contribution is -2.48. The monoisotopic (exact) mass is 389 g/mol. The zero-order valence-electron chi connectivity index (χ0n) is 16.2. The summed E-state index contributed by atoms with van der Waals surface area (Å²) < 4.78 is 26.7. The van der Waals surface area contributed by atoms with E-state index in [1.54, 1.807) is 18.2 Å². The fourth-order valence-electron chi connectivity index (χ4n) is 2.78. The third-order valence-electron chi connectivity index (χ3n) is 4.35. The average Bonchev–Trinajstić information content (AvgIpc) is 2.68. The Kier molecular flexibility index (Phi) is 7.03. The first kappa shape index (κ1) is 21.3. The normalized spacial score (nSPS) is 15.6. The minimum Gasteiger partial charge on any atom is -0.366 e. The lowest BCUT2D eigenvalue weighted by atomic mass is 10.2. The van der Waals surface area contributed by atoms with Crippen LogP contribution >= 0.6 is 0 Å². The standard InChI is InChI=1S/C20H25F2N5O/c1-5-19(28)27-12-10-26(11-13-27)17(8-9-23-4)15(2)25-18-7-6-16(14-24-18)20(3,21)22/h5-9,14H,1-2,10-13H2,3-4H3,(H,24,25)/b17-8+,23-9-. The molecule has 0 atom stereocenters. The molecule has 2 rings (SSSR count). The van der Waals surface area contributed by atoms with E-state index in [1.165, 1.54) is 18.2 Å². The molecule has 2 heterocycles. The van der Waals surface area contributed by atoms with E-state index in [0.717, 1.165) is 18.8 Å². The van der Waals surface area contributed by atoms with Gasteiger partial charge in [0, 0.05) is 58.1 Å². The average molecular weight is 389 g/mol. The number of carbonyl (C=O) groups is 1. The van der Waals surface area contributed by atoms with Crippen molar-refractivity contribution < 1.29 is 13.6 Å². The number of hydrogen-bond acceptors (Lipinski definition) is 5. The molecule has 0 bridgehead atoms. The smallest absolute Gasteiger partial charge is 0.272 e. The van der Waals surface area contributed by atoms with Crippen LogP contribution in [0.25, 0.3) is 0 Å². The van der Waals surface area contributed by atoms with Crippen LogP contribution in [-0.4, -0.2) is 60.1 Å². The van der Waals surface area contributed by atoms with Gasteiger partial charge in [-0.1, -0.05) is 13.2 Å². The fraction of sp³-hybridized carbons (Fsp3) is 0.350. The van der Waals surface area contributed by atoms with Crippen molar-refractivity contribution >= 4 is 17.9 Å². The third-order valence-corrected chi connectivity index (χ3v) is 4.35. The number of halogens is 2. The van der Waals surface area contributed by atoms with Gasteiger partial charge in [0.1, 0.15) is 5.82 Å². The molecule has 150 valence electrons. The van der Waals surface area contributed by atoms with Gasteiger partial charge >= 0.3 is 0 Å². The van der Waals surface area contributed by atoms with Crippen molar-refractivity contribution in [1.29, 1.82) is 0 Å². The number of allylic oxidation sites excluding steroid dienone is 1. The van der Waals surface area contributed by atoms with Crippen LogP contribution in [0.2, 0.25) is 0 Å². The third kappa shape index (κ3) is 5.48. The van der Waals surface area contributed by atoms with Crippen LogP contribution in [-0.2, 0) is 10.7 Å². The van der Waals surface area contributed by atoms with Gasteiger partial charge in [-0.15, -0.1) is 0 Å². The maximum Gasteiger partial charge on any atom is 0.272 e. The Morgan fingerprint density at radius 2 is 1.93 bits per heavy atom. The molecule has 28 heavy (non-hydrogen) atoms. The van der Waals surface area contributed by atoms with Crippen LogP contribution in [0.15, 0.2) is 60.0 Å². The van der Waals surface area contributed by atoms with Crippen molar-refractivity contribution in [1.82, 2.24) is 14.8 Å². The van der Waals surface area contributed by atoms with Crippen molar-refractivity contribution in [2.24, 2.45) is 4.99 Å². The molecule has 0 unspecified atom stereocenters. The van der Waals surface area contributed by atoms with Gasteiger partial charge in [-0.25, -0.2) is 13.8 Å². The van der Waals surface area contributed by atoms with Crippen molar-refractivity contribution in [3.63, 3.8) is 0 Å². The predicted octanol–water partition coefficient (Wildman–Crippen LogP) is 3.03. The largest absolute Gasteiger partial charge is 0.366 e. The quantitative estimate of drug-likeness (QED) is 0.442. The molecule has 1 aromatic rings. The molecule has 1 aliphatic rings. The number of aliphatic imine (C=N–C) groups is 1. The van der Waals surface area contributed by atoms with E-state index in [-0.39, 0.29) is 11.5 Å². The molecule has 0 aliphatic carbocycles. The second-order valence-corrected chi connectivity index (χ2v) is 6.40. The Morgan fingerprint density at radius 3 is 2.43 bits per heavy atom. The van der Waals surface area contributed by atoms with Gasteiger partial charge in [-0.2, -0.15) is 0 Å². The summed E-state index contributed by atoms with van der Waals surface area (Å²) in [5, 5.41) is 3.05. The van der Waals surface area contributed by atoms with E-state index >= 15 is 0 Å². The summed E-state index contributed by atoms with van der Waals surface area (Å²) in [6, 6.07) is 2.82. The summed E-state index contributed by atoms with van der Waals surface area (Å²) in [7, 11) is 1.66. The van der Waals surface area contributed by atoms with Gasteiger partial charge in [0.25, 0.3) is 5.92 Å². The Balaban J connectivity index is 2.10. The summed E-state index contributed by atoms with van der Waals surface area (Å²) in [6.07, 6.45) is 5.92. The van der Waals surface area contributed by atoms with Crippen molar-refractivity contribution in [2.45, 2.75) is 12.8 Å². The Morgan fingerprint density at radius 1 is 1.29 bits per heavy atom. The lowest BCUT2D eigenvalue weighted by molar-refractivity contribution is -0.127. The number of pyridine rings is 1. The van der Waals surface area contributed by atoms with E-state index in [2.05, 4.69) is 33.4 Å². The number of amides is 1. The maximum absolute atomic E-state index is 13.3. The molecule has 0 saturated carbocycles. The Hall–Kier alpha value is -3.03. The van der Waals surface area contributed by atoms with Gasteiger partial charge in [-0.3, -0.25) is 9.79 Å². The molecule has 1 N–H and O–H groups in total. The molecule has 6 nitrogen and oxygen atoms in total. The van der Waals surface area contributed by atoms with Gasteiger partial charge in [0.05, 0.1) is 11.4 Å². The predicted molar refractivity (Wildman–Crippen MR) is 107 cm³/mol. The molecule has 1 saturated heterocycles. The van der Waals surface area contributed by atoms with Crippen molar-refractivity contribution in [3.8, 4) is 0 Å². The van der Waals surface area contributed by atoms with Crippen molar-refractivity contribution in [3.05, 3.63) is 60.6 Å². The van der Waals surface area contributed by atoms with E-state index in [9.17, 15) is 13.6 Å². The molecular weight excluding hydrogens is 364 g/mol.